The van der Waals surface area contributed by atoms with Crippen molar-refractivity contribution < 1.29 is 14.0 Å². The molecule has 1 saturated heterocycles. The minimum Gasteiger partial charge on any atom is -0.496 e. The number of methoxy groups -OCH3 is 1. The molecule has 0 N–H and O–H groups in total. The van der Waals surface area contributed by atoms with E-state index >= 15 is 0 Å². The summed E-state index contributed by atoms with van der Waals surface area (Å²) in [6, 6.07) is 5.98. The van der Waals surface area contributed by atoms with Gasteiger partial charge in [0.1, 0.15) is 5.75 Å². The number of rotatable bonds is 2. The summed E-state index contributed by atoms with van der Waals surface area (Å²) in [5.74, 6) is 0.871. The van der Waals surface area contributed by atoms with E-state index in [0.29, 0.717) is 0 Å². The van der Waals surface area contributed by atoms with E-state index in [0.717, 1.165) is 14.8 Å². The van der Waals surface area contributed by atoms with E-state index in [1.54, 1.807) is 7.11 Å². The monoisotopic (exact) mass is 360 g/mol. The van der Waals surface area contributed by atoms with E-state index in [1.807, 2.05) is 18.2 Å². The zero-order chi connectivity index (χ0) is 13.6. The predicted molar refractivity (Wildman–Crippen MR) is 81.4 cm³/mol. The molecule has 0 saturated carbocycles. The molecule has 0 aromatic heterocycles. The Morgan fingerprint density at radius 2 is 1.67 bits per heavy atom. The largest absolute Gasteiger partial charge is 0.496 e. The molecule has 0 bridgehead atoms. The van der Waals surface area contributed by atoms with Crippen LogP contribution >= 0.6 is 22.6 Å². The first kappa shape index (κ1) is 14.2. The Labute approximate surface area is 122 Å². The van der Waals surface area contributed by atoms with Gasteiger partial charge in [0.15, 0.2) is 0 Å². The van der Waals surface area contributed by atoms with Gasteiger partial charge in [-0.2, -0.15) is 0 Å². The zero-order valence-electron chi connectivity index (χ0n) is 11.4. The maximum Gasteiger partial charge on any atom is 0.494 e. The first-order valence-corrected chi connectivity index (χ1v) is 7.04. The molecule has 5 heteroatoms. The van der Waals surface area contributed by atoms with Crippen molar-refractivity contribution in [2.45, 2.75) is 38.9 Å². The van der Waals surface area contributed by atoms with Crippen LogP contribution in [-0.2, 0) is 9.31 Å². The molecule has 1 fully saturated rings. The first-order chi connectivity index (χ1) is 8.27. The van der Waals surface area contributed by atoms with Crippen molar-refractivity contribution in [1.29, 1.82) is 0 Å². The number of halogens is 1. The fraction of sp³-hybridized carbons (Fsp3) is 0.538. The second-order valence-corrected chi connectivity index (χ2v) is 6.64. The fourth-order valence-electron chi connectivity index (χ4n) is 1.81. The molecule has 98 valence electrons. The van der Waals surface area contributed by atoms with Crippen molar-refractivity contribution in [1.82, 2.24) is 0 Å². The van der Waals surface area contributed by atoms with E-state index in [-0.39, 0.29) is 18.3 Å². The molecule has 0 spiro atoms. The Kier molecular flexibility index (Phi) is 3.68. The summed E-state index contributed by atoms with van der Waals surface area (Å²) >= 11 is 2.25. The summed E-state index contributed by atoms with van der Waals surface area (Å²) in [6.07, 6.45) is 0. The molecule has 18 heavy (non-hydrogen) atoms. The van der Waals surface area contributed by atoms with Gasteiger partial charge in [-0.3, -0.25) is 0 Å². The molecule has 3 nitrogen and oxygen atoms in total. The summed E-state index contributed by atoms with van der Waals surface area (Å²) in [4.78, 5) is 0. The normalized spacial score (nSPS) is 21.1. The van der Waals surface area contributed by atoms with Crippen LogP contribution in [0.5, 0.6) is 5.75 Å². The quantitative estimate of drug-likeness (QED) is 0.600. The Bertz CT molecular complexity index is 444. The number of hydrogen-bond acceptors (Lipinski definition) is 3. The van der Waals surface area contributed by atoms with Crippen LogP contribution in [0, 0.1) is 3.57 Å². The van der Waals surface area contributed by atoms with Gasteiger partial charge < -0.3 is 14.0 Å². The highest BCUT2D eigenvalue weighted by Crippen LogP contribution is 2.36. The van der Waals surface area contributed by atoms with E-state index in [1.165, 1.54) is 0 Å². The van der Waals surface area contributed by atoms with Crippen LogP contribution in [0.15, 0.2) is 18.2 Å². The lowest BCUT2D eigenvalue weighted by Crippen LogP contribution is -2.41. The van der Waals surface area contributed by atoms with Crippen molar-refractivity contribution in [3.8, 4) is 5.75 Å². The van der Waals surface area contributed by atoms with Gasteiger partial charge in [-0.1, -0.05) is 6.07 Å². The second kappa shape index (κ2) is 4.69. The molecule has 0 aliphatic carbocycles. The molecule has 1 aliphatic heterocycles. The average Bonchev–Trinajstić information content (AvgIpc) is 2.48. The number of hydrogen-bond donors (Lipinski definition) is 0. The predicted octanol–water partition coefficient (Wildman–Crippen LogP) is 2.60. The maximum absolute atomic E-state index is 6.01. The lowest BCUT2D eigenvalue weighted by Gasteiger charge is -2.32. The molecule has 1 heterocycles. The summed E-state index contributed by atoms with van der Waals surface area (Å²) in [5, 5.41) is 0. The topological polar surface area (TPSA) is 27.7 Å². The first-order valence-electron chi connectivity index (χ1n) is 5.96. The number of ether oxygens (including phenoxy) is 1. The smallest absolute Gasteiger partial charge is 0.494 e. The molecular weight excluding hydrogens is 342 g/mol. The molecule has 2 rings (SSSR count). The third-order valence-electron chi connectivity index (χ3n) is 3.70. The molecule has 1 aromatic rings. The van der Waals surface area contributed by atoms with Crippen LogP contribution in [0.25, 0.3) is 0 Å². The van der Waals surface area contributed by atoms with E-state index < -0.39 is 0 Å². The highest BCUT2D eigenvalue weighted by molar-refractivity contribution is 14.1. The molecular formula is C13H18BIO3. The SMILES string of the molecule is COc1ccc(B2OC(C)(C)C(C)(C)O2)cc1I. The van der Waals surface area contributed by atoms with Gasteiger partial charge in [0.25, 0.3) is 0 Å². The minimum atomic E-state index is -0.311. The van der Waals surface area contributed by atoms with Crippen molar-refractivity contribution in [2.24, 2.45) is 0 Å². The van der Waals surface area contributed by atoms with Crippen molar-refractivity contribution in [3.05, 3.63) is 21.8 Å². The van der Waals surface area contributed by atoms with Gasteiger partial charge >= 0.3 is 7.12 Å². The van der Waals surface area contributed by atoms with Gasteiger partial charge in [0.05, 0.1) is 21.9 Å². The zero-order valence-corrected chi connectivity index (χ0v) is 13.6. The molecule has 0 radical (unpaired) electrons. The van der Waals surface area contributed by atoms with Gasteiger partial charge in [-0.15, -0.1) is 0 Å². The summed E-state index contributed by atoms with van der Waals surface area (Å²) < 4.78 is 18.3. The molecule has 0 amide bonds. The Hall–Kier alpha value is -0.265. The van der Waals surface area contributed by atoms with Crippen molar-refractivity contribution in [3.63, 3.8) is 0 Å². The van der Waals surface area contributed by atoms with Crippen molar-refractivity contribution in [2.75, 3.05) is 7.11 Å². The molecule has 0 unspecified atom stereocenters. The van der Waals surface area contributed by atoms with Crippen LogP contribution in [0.2, 0.25) is 0 Å². The summed E-state index contributed by atoms with van der Waals surface area (Å²) in [5.41, 5.74) is 0.422. The molecule has 0 atom stereocenters. The van der Waals surface area contributed by atoms with Crippen LogP contribution < -0.4 is 10.2 Å². The van der Waals surface area contributed by atoms with Crippen molar-refractivity contribution >= 4 is 35.2 Å². The highest BCUT2D eigenvalue weighted by atomic mass is 127. The maximum atomic E-state index is 6.01. The summed E-state index contributed by atoms with van der Waals surface area (Å²) in [6.45, 7) is 8.23. The standard InChI is InChI=1S/C13H18BIO3/c1-12(2)13(3,4)18-14(17-12)9-6-7-11(16-5)10(15)8-9/h6-8H,1-5H3. The van der Waals surface area contributed by atoms with Crippen LogP contribution in [-0.4, -0.2) is 25.4 Å². The van der Waals surface area contributed by atoms with Gasteiger partial charge in [-0.05, 0) is 67.9 Å². The third kappa shape index (κ3) is 2.40. The second-order valence-electron chi connectivity index (χ2n) is 5.48. The van der Waals surface area contributed by atoms with E-state index in [2.05, 4.69) is 50.3 Å². The Morgan fingerprint density at radius 3 is 2.11 bits per heavy atom. The summed E-state index contributed by atoms with van der Waals surface area (Å²) in [7, 11) is 1.36. The van der Waals surface area contributed by atoms with Crippen LogP contribution in [0.4, 0.5) is 0 Å². The third-order valence-corrected chi connectivity index (χ3v) is 4.54. The highest BCUT2D eigenvalue weighted by Gasteiger charge is 2.51. The van der Waals surface area contributed by atoms with Gasteiger partial charge in [0.2, 0.25) is 0 Å². The lowest BCUT2D eigenvalue weighted by atomic mass is 9.79. The van der Waals surface area contributed by atoms with Crippen LogP contribution in [0.1, 0.15) is 27.7 Å². The average molecular weight is 360 g/mol. The molecule has 1 aliphatic rings. The van der Waals surface area contributed by atoms with Gasteiger partial charge in [-0.25, -0.2) is 0 Å². The molecule has 1 aromatic carbocycles. The number of benzene rings is 1. The Morgan fingerprint density at radius 1 is 1.11 bits per heavy atom. The fourth-order valence-corrected chi connectivity index (χ4v) is 2.57. The van der Waals surface area contributed by atoms with E-state index in [4.69, 9.17) is 14.0 Å². The Balaban J connectivity index is 2.27. The van der Waals surface area contributed by atoms with Crippen LogP contribution in [0.3, 0.4) is 0 Å². The van der Waals surface area contributed by atoms with Gasteiger partial charge in [0, 0.05) is 0 Å². The minimum absolute atomic E-state index is 0.303. The van der Waals surface area contributed by atoms with E-state index in [9.17, 15) is 0 Å². The lowest BCUT2D eigenvalue weighted by molar-refractivity contribution is 0.00578.